The van der Waals surface area contributed by atoms with Crippen LogP contribution in [-0.4, -0.2) is 44.5 Å². The van der Waals surface area contributed by atoms with Crippen LogP contribution in [-0.2, 0) is 14.3 Å². The molecule has 94 valence electrons. The summed E-state index contributed by atoms with van der Waals surface area (Å²) >= 11 is 0. The Hall–Kier alpha value is -1.05. The number of sulfone groups is 1. The normalized spacial score (nSPS) is 19.2. The Balaban J connectivity index is 2.29. The van der Waals surface area contributed by atoms with Gasteiger partial charge in [-0.15, -0.1) is 0 Å². The maximum atomic E-state index is 11.4. The average molecular weight is 274 g/mol. The molecule has 17 heavy (non-hydrogen) atoms. The van der Waals surface area contributed by atoms with Gasteiger partial charge in [-0.2, -0.15) is 0 Å². The lowest BCUT2D eigenvalue weighted by Gasteiger charge is -2.26. The van der Waals surface area contributed by atoms with E-state index in [-0.39, 0.29) is 11.0 Å². The molecule has 1 aliphatic rings. The lowest BCUT2D eigenvalue weighted by Crippen LogP contribution is -2.33. The molecule has 0 saturated heterocycles. The topological polar surface area (TPSA) is 61.8 Å². The Morgan fingerprint density at radius 1 is 1.47 bits per heavy atom. The van der Waals surface area contributed by atoms with Crippen molar-refractivity contribution in [3.63, 3.8) is 0 Å². The fourth-order valence-corrected chi connectivity index (χ4v) is 2.60. The summed E-state index contributed by atoms with van der Waals surface area (Å²) in [4.78, 5) is 0.229. The van der Waals surface area contributed by atoms with E-state index in [0.717, 1.165) is 6.26 Å². The van der Waals surface area contributed by atoms with Crippen molar-refractivity contribution in [1.29, 1.82) is 0 Å². The van der Waals surface area contributed by atoms with Gasteiger partial charge in [0.25, 0.3) is 0 Å². The Labute approximate surface area is 103 Å². The van der Waals surface area contributed by atoms with E-state index in [4.69, 9.17) is 13.9 Å². The number of ether oxygens (including phenoxy) is 2. The van der Waals surface area contributed by atoms with E-state index in [9.17, 15) is 8.42 Å². The van der Waals surface area contributed by atoms with Gasteiger partial charge in [0.1, 0.15) is 17.1 Å². The highest BCUT2D eigenvalue weighted by molar-refractivity contribution is 7.90. The van der Waals surface area contributed by atoms with Gasteiger partial charge in [0.15, 0.2) is 27.4 Å². The molecule has 0 aliphatic carbocycles. The molecule has 0 amide bonds. The van der Waals surface area contributed by atoms with Crippen molar-refractivity contribution in [2.75, 3.05) is 19.5 Å². The molecule has 1 aromatic carbocycles. The van der Waals surface area contributed by atoms with Crippen LogP contribution in [0.2, 0.25) is 0 Å². The quantitative estimate of drug-likeness (QED) is 0.697. The minimum absolute atomic E-state index is 0.171. The van der Waals surface area contributed by atoms with Gasteiger partial charge in [0.05, 0.1) is 11.5 Å². The van der Waals surface area contributed by atoms with Gasteiger partial charge in [0, 0.05) is 12.3 Å². The van der Waals surface area contributed by atoms with Gasteiger partial charge in [-0.3, -0.25) is 0 Å². The van der Waals surface area contributed by atoms with Crippen LogP contribution in [0.15, 0.2) is 23.1 Å². The van der Waals surface area contributed by atoms with E-state index in [1.807, 2.05) is 0 Å². The molecule has 0 saturated carbocycles. The number of benzene rings is 1. The third kappa shape index (κ3) is 2.79. The summed E-state index contributed by atoms with van der Waals surface area (Å²) in [6, 6.07) is 4.62. The van der Waals surface area contributed by atoms with Crippen LogP contribution in [0.5, 0.6) is 11.5 Å². The number of rotatable bonds is 3. The molecular weight excluding hydrogens is 260 g/mol. The van der Waals surface area contributed by atoms with Gasteiger partial charge < -0.3 is 13.9 Å². The summed E-state index contributed by atoms with van der Waals surface area (Å²) in [5.74, 6) is 1.03. The van der Waals surface area contributed by atoms with Gasteiger partial charge in [0.2, 0.25) is 0 Å². The highest BCUT2D eigenvalue weighted by Crippen LogP contribution is 2.33. The molecule has 5 nitrogen and oxygen atoms in total. The van der Waals surface area contributed by atoms with Crippen LogP contribution in [0.25, 0.3) is 0 Å². The monoisotopic (exact) mass is 274 g/mol. The van der Waals surface area contributed by atoms with Gasteiger partial charge in [-0.1, -0.05) is 0 Å². The number of hydrogen-bond acceptors (Lipinski definition) is 5. The summed E-state index contributed by atoms with van der Waals surface area (Å²) in [7, 11) is -2.59. The molecule has 1 aliphatic heterocycles. The van der Waals surface area contributed by atoms with E-state index in [2.05, 4.69) is 0 Å². The smallest absolute Gasteiger partial charge is 0.175 e. The molecule has 2 rings (SSSR count). The average Bonchev–Trinajstić information content (AvgIpc) is 2.27. The first kappa shape index (κ1) is 12.4. The SMILES string of the molecule is CS(=O)(=O)c1ccc2c(c1)OC(CO[SiH3])CO2. The van der Waals surface area contributed by atoms with Crippen LogP contribution >= 0.6 is 0 Å². The van der Waals surface area contributed by atoms with E-state index < -0.39 is 9.84 Å². The molecule has 1 aromatic rings. The van der Waals surface area contributed by atoms with Crippen molar-refractivity contribution in [1.82, 2.24) is 0 Å². The molecule has 0 bridgehead atoms. The predicted molar refractivity (Wildman–Crippen MR) is 65.4 cm³/mol. The van der Waals surface area contributed by atoms with Gasteiger partial charge >= 0.3 is 0 Å². The second-order valence-electron chi connectivity index (χ2n) is 3.89. The standard InChI is InChI=1S/C10H14O5SSi/c1-16(11,12)8-2-3-9-10(4-8)15-7(5-13-9)6-14-17/h2-4,7H,5-6H2,1,17H3. The summed E-state index contributed by atoms with van der Waals surface area (Å²) in [5, 5.41) is 0. The molecule has 0 aromatic heterocycles. The maximum Gasteiger partial charge on any atom is 0.175 e. The molecule has 1 unspecified atom stereocenters. The highest BCUT2D eigenvalue weighted by Gasteiger charge is 2.22. The summed E-state index contributed by atoms with van der Waals surface area (Å²) in [6.45, 7) is 0.891. The number of hydrogen-bond donors (Lipinski definition) is 0. The van der Waals surface area contributed by atoms with Crippen molar-refractivity contribution in [3.8, 4) is 11.5 Å². The minimum Gasteiger partial charge on any atom is -0.486 e. The third-order valence-corrected chi connectivity index (χ3v) is 3.86. The Bertz CT molecular complexity index is 513. The second kappa shape index (κ2) is 4.67. The van der Waals surface area contributed by atoms with Crippen LogP contribution in [0.3, 0.4) is 0 Å². The molecule has 1 atom stereocenters. The molecule has 0 N–H and O–H groups in total. The first-order valence-electron chi connectivity index (χ1n) is 5.13. The van der Waals surface area contributed by atoms with Gasteiger partial charge in [-0.25, -0.2) is 8.42 Å². The Morgan fingerprint density at radius 2 is 2.24 bits per heavy atom. The van der Waals surface area contributed by atoms with Crippen LogP contribution in [0.4, 0.5) is 0 Å². The zero-order valence-corrected chi connectivity index (χ0v) is 12.5. The van der Waals surface area contributed by atoms with Crippen molar-refractivity contribution < 1.29 is 22.3 Å². The van der Waals surface area contributed by atoms with Gasteiger partial charge in [-0.05, 0) is 12.1 Å². The molecule has 0 radical (unpaired) electrons. The third-order valence-electron chi connectivity index (χ3n) is 2.41. The lowest BCUT2D eigenvalue weighted by molar-refractivity contribution is 0.0559. The van der Waals surface area contributed by atoms with Crippen molar-refractivity contribution in [2.24, 2.45) is 0 Å². The summed E-state index contributed by atoms with van der Waals surface area (Å²) < 4.78 is 39.0. The summed E-state index contributed by atoms with van der Waals surface area (Å²) in [5.41, 5.74) is 0. The largest absolute Gasteiger partial charge is 0.486 e. The summed E-state index contributed by atoms with van der Waals surface area (Å²) in [6.07, 6.45) is 0.992. The minimum atomic E-state index is -3.23. The van der Waals surface area contributed by atoms with Crippen LogP contribution in [0, 0.1) is 0 Å². The maximum absolute atomic E-state index is 11.4. The molecule has 0 spiro atoms. The fraction of sp³-hybridized carbons (Fsp3) is 0.400. The van der Waals surface area contributed by atoms with Crippen molar-refractivity contribution >= 4 is 20.3 Å². The van der Waals surface area contributed by atoms with E-state index >= 15 is 0 Å². The molecule has 1 heterocycles. The zero-order chi connectivity index (χ0) is 12.5. The van der Waals surface area contributed by atoms with E-state index in [1.54, 1.807) is 6.07 Å². The Kier molecular flexibility index (Phi) is 3.41. The number of fused-ring (bicyclic) bond motifs is 1. The van der Waals surface area contributed by atoms with E-state index in [1.165, 1.54) is 12.1 Å². The Morgan fingerprint density at radius 3 is 2.88 bits per heavy atom. The first-order chi connectivity index (χ1) is 8.00. The highest BCUT2D eigenvalue weighted by atomic mass is 32.2. The lowest BCUT2D eigenvalue weighted by atomic mass is 10.2. The van der Waals surface area contributed by atoms with E-state index in [0.29, 0.717) is 35.2 Å². The molecule has 0 fully saturated rings. The predicted octanol–water partition coefficient (Wildman–Crippen LogP) is -0.473. The van der Waals surface area contributed by atoms with Crippen LogP contribution < -0.4 is 9.47 Å². The molecule has 7 heteroatoms. The fourth-order valence-electron chi connectivity index (χ4n) is 1.59. The van der Waals surface area contributed by atoms with Crippen molar-refractivity contribution in [2.45, 2.75) is 11.0 Å². The second-order valence-corrected chi connectivity index (χ2v) is 6.48. The molecular formula is C10H14O5SSi. The van der Waals surface area contributed by atoms with Crippen LogP contribution in [0.1, 0.15) is 0 Å². The van der Waals surface area contributed by atoms with Crippen molar-refractivity contribution in [3.05, 3.63) is 18.2 Å². The first-order valence-corrected chi connectivity index (χ1v) is 7.84. The zero-order valence-electron chi connectivity index (χ0n) is 9.67.